The molecule has 3 heteroatoms. The fraction of sp³-hybridized carbons (Fsp3) is 0.533. The predicted octanol–water partition coefficient (Wildman–Crippen LogP) is 2.80. The Bertz CT molecular complexity index is 378. The number of nitrogens with one attached hydrogen (secondary N) is 1. The lowest BCUT2D eigenvalue weighted by Gasteiger charge is -2.32. The van der Waals surface area contributed by atoms with E-state index >= 15 is 0 Å². The number of nitrogens with two attached hydrogens (primary N) is 1. The molecular weight excluding hydrogens is 224 g/mol. The predicted molar refractivity (Wildman–Crippen MR) is 76.0 cm³/mol. The largest absolute Gasteiger partial charge is 0.395 e. The van der Waals surface area contributed by atoms with Crippen molar-refractivity contribution in [3.63, 3.8) is 0 Å². The Morgan fingerprint density at radius 1 is 1.17 bits per heavy atom. The van der Waals surface area contributed by atoms with Crippen molar-refractivity contribution >= 4 is 5.84 Å². The normalized spacial score (nSPS) is 11.5. The van der Waals surface area contributed by atoms with Gasteiger partial charge in [0.25, 0.3) is 0 Å². The molecule has 1 aromatic carbocycles. The first-order valence-corrected chi connectivity index (χ1v) is 6.65. The third kappa shape index (κ3) is 3.10. The highest BCUT2D eigenvalue weighted by Gasteiger charge is 2.29. The van der Waals surface area contributed by atoms with E-state index in [-0.39, 0.29) is 17.9 Å². The van der Waals surface area contributed by atoms with Crippen LogP contribution in [0.1, 0.15) is 50.7 Å². The number of nitrogen functional groups attached to an aromatic ring is 1. The Kier molecular flexibility index (Phi) is 5.35. The van der Waals surface area contributed by atoms with Gasteiger partial charge in [0.2, 0.25) is 0 Å². The van der Waals surface area contributed by atoms with Crippen LogP contribution in [0.25, 0.3) is 0 Å². The van der Waals surface area contributed by atoms with Gasteiger partial charge in [-0.3, -0.25) is 5.41 Å². The molecule has 18 heavy (non-hydrogen) atoms. The van der Waals surface area contributed by atoms with Crippen molar-refractivity contribution < 1.29 is 5.11 Å². The minimum absolute atomic E-state index is 0.0853. The molecule has 100 valence electrons. The number of benzene rings is 1. The second-order valence-corrected chi connectivity index (χ2v) is 4.93. The number of amidine groups is 1. The molecule has 0 saturated heterocycles. The standard InChI is InChI=1S/C15H24N2O/c1-3-9-15(11-18,10-4-2)13-7-5-12(6-8-13)14(16)17/h5-8,18H,3-4,9-11H2,1-2H3,(H3,16,17). The van der Waals surface area contributed by atoms with Crippen LogP contribution in [-0.2, 0) is 5.41 Å². The van der Waals surface area contributed by atoms with E-state index in [0.29, 0.717) is 0 Å². The topological polar surface area (TPSA) is 70.1 Å². The van der Waals surface area contributed by atoms with Gasteiger partial charge in [-0.15, -0.1) is 0 Å². The smallest absolute Gasteiger partial charge is 0.122 e. The van der Waals surface area contributed by atoms with E-state index in [1.165, 1.54) is 0 Å². The van der Waals surface area contributed by atoms with Crippen LogP contribution in [0.2, 0.25) is 0 Å². The molecule has 0 aromatic heterocycles. The third-order valence-electron chi connectivity index (χ3n) is 3.57. The molecule has 0 spiro atoms. The average molecular weight is 248 g/mol. The van der Waals surface area contributed by atoms with E-state index in [1.807, 2.05) is 24.3 Å². The van der Waals surface area contributed by atoms with Gasteiger partial charge in [-0.2, -0.15) is 0 Å². The van der Waals surface area contributed by atoms with Gasteiger partial charge in [0, 0.05) is 11.0 Å². The molecule has 3 nitrogen and oxygen atoms in total. The summed E-state index contributed by atoms with van der Waals surface area (Å²) in [6, 6.07) is 7.73. The van der Waals surface area contributed by atoms with Crippen LogP contribution in [0.15, 0.2) is 24.3 Å². The zero-order chi connectivity index (χ0) is 13.6. The van der Waals surface area contributed by atoms with Gasteiger partial charge in [0.05, 0.1) is 6.61 Å². The van der Waals surface area contributed by atoms with E-state index in [2.05, 4.69) is 13.8 Å². The molecule has 4 N–H and O–H groups in total. The van der Waals surface area contributed by atoms with Gasteiger partial charge in [-0.1, -0.05) is 51.0 Å². The Balaban J connectivity index is 3.08. The van der Waals surface area contributed by atoms with Crippen molar-refractivity contribution in [3.8, 4) is 0 Å². The summed E-state index contributed by atoms with van der Waals surface area (Å²) in [4.78, 5) is 0. The van der Waals surface area contributed by atoms with Crippen molar-refractivity contribution in [1.29, 1.82) is 5.41 Å². The van der Waals surface area contributed by atoms with Gasteiger partial charge < -0.3 is 10.8 Å². The van der Waals surface area contributed by atoms with Gasteiger partial charge in [0.15, 0.2) is 0 Å². The summed E-state index contributed by atoms with van der Waals surface area (Å²) in [5.74, 6) is 0.0853. The van der Waals surface area contributed by atoms with Crippen LogP contribution in [0.5, 0.6) is 0 Å². The fourth-order valence-electron chi connectivity index (χ4n) is 2.62. The number of hydrogen-bond donors (Lipinski definition) is 3. The number of aliphatic hydroxyl groups excluding tert-OH is 1. The van der Waals surface area contributed by atoms with E-state index in [4.69, 9.17) is 11.1 Å². The van der Waals surface area contributed by atoms with Crippen LogP contribution in [-0.4, -0.2) is 17.5 Å². The highest BCUT2D eigenvalue weighted by atomic mass is 16.3. The highest BCUT2D eigenvalue weighted by molar-refractivity contribution is 5.94. The summed E-state index contributed by atoms with van der Waals surface area (Å²) in [5, 5.41) is 17.2. The second-order valence-electron chi connectivity index (χ2n) is 4.93. The van der Waals surface area contributed by atoms with E-state index < -0.39 is 0 Å². The Morgan fingerprint density at radius 3 is 2.00 bits per heavy atom. The molecule has 0 amide bonds. The van der Waals surface area contributed by atoms with Gasteiger partial charge >= 0.3 is 0 Å². The Labute approximate surface area is 110 Å². The Hall–Kier alpha value is -1.35. The third-order valence-corrected chi connectivity index (χ3v) is 3.57. The second kappa shape index (κ2) is 6.55. The molecule has 0 aliphatic rings. The van der Waals surface area contributed by atoms with Crippen molar-refractivity contribution in [2.75, 3.05) is 6.61 Å². The van der Waals surface area contributed by atoms with Crippen molar-refractivity contribution in [3.05, 3.63) is 35.4 Å². The zero-order valence-corrected chi connectivity index (χ0v) is 11.4. The van der Waals surface area contributed by atoms with E-state index in [9.17, 15) is 5.11 Å². The van der Waals surface area contributed by atoms with Crippen molar-refractivity contribution in [2.45, 2.75) is 44.9 Å². The summed E-state index contributed by atoms with van der Waals surface area (Å²) in [7, 11) is 0. The molecular formula is C15H24N2O. The maximum Gasteiger partial charge on any atom is 0.122 e. The SMILES string of the molecule is CCCC(CO)(CCC)c1ccc(C(=N)N)cc1. The summed E-state index contributed by atoms with van der Waals surface area (Å²) >= 11 is 0. The first-order chi connectivity index (χ1) is 8.59. The van der Waals surface area contributed by atoms with Crippen LogP contribution in [0.3, 0.4) is 0 Å². The van der Waals surface area contributed by atoms with Crippen LogP contribution in [0.4, 0.5) is 0 Å². The average Bonchev–Trinajstić information content (AvgIpc) is 2.38. The molecule has 1 aromatic rings. The maximum atomic E-state index is 9.80. The van der Waals surface area contributed by atoms with Gasteiger partial charge in [0.1, 0.15) is 5.84 Å². The maximum absolute atomic E-state index is 9.80. The molecule has 0 atom stereocenters. The molecule has 0 fully saturated rings. The number of rotatable bonds is 7. The van der Waals surface area contributed by atoms with E-state index in [1.54, 1.807) is 0 Å². The quantitative estimate of drug-likeness (QED) is 0.513. The minimum Gasteiger partial charge on any atom is -0.395 e. The first kappa shape index (κ1) is 14.7. The molecule has 0 unspecified atom stereocenters. The number of hydrogen-bond acceptors (Lipinski definition) is 2. The lowest BCUT2D eigenvalue weighted by molar-refractivity contribution is 0.172. The van der Waals surface area contributed by atoms with Crippen LogP contribution < -0.4 is 5.73 Å². The molecule has 1 rings (SSSR count). The lowest BCUT2D eigenvalue weighted by atomic mass is 9.74. The van der Waals surface area contributed by atoms with Crippen molar-refractivity contribution in [1.82, 2.24) is 0 Å². The molecule has 0 aliphatic carbocycles. The first-order valence-electron chi connectivity index (χ1n) is 6.65. The fourth-order valence-corrected chi connectivity index (χ4v) is 2.62. The van der Waals surface area contributed by atoms with Crippen molar-refractivity contribution in [2.24, 2.45) is 5.73 Å². The van der Waals surface area contributed by atoms with Gasteiger partial charge in [-0.25, -0.2) is 0 Å². The lowest BCUT2D eigenvalue weighted by Crippen LogP contribution is -2.30. The number of aliphatic hydroxyl groups is 1. The molecule has 0 bridgehead atoms. The molecule has 0 heterocycles. The Morgan fingerprint density at radius 2 is 1.67 bits per heavy atom. The molecule has 0 aliphatic heterocycles. The van der Waals surface area contributed by atoms with Crippen LogP contribution >= 0.6 is 0 Å². The minimum atomic E-state index is -0.140. The van der Waals surface area contributed by atoms with E-state index in [0.717, 1.165) is 36.8 Å². The molecule has 0 radical (unpaired) electrons. The van der Waals surface area contributed by atoms with Crippen LogP contribution in [0, 0.1) is 5.41 Å². The summed E-state index contributed by atoms with van der Waals surface area (Å²) in [6.45, 7) is 4.46. The molecule has 0 saturated carbocycles. The highest BCUT2D eigenvalue weighted by Crippen LogP contribution is 2.34. The van der Waals surface area contributed by atoms with Gasteiger partial charge in [-0.05, 0) is 18.4 Å². The summed E-state index contributed by atoms with van der Waals surface area (Å²) in [5.41, 5.74) is 7.20. The summed E-state index contributed by atoms with van der Waals surface area (Å²) in [6.07, 6.45) is 4.07. The summed E-state index contributed by atoms with van der Waals surface area (Å²) < 4.78 is 0. The zero-order valence-electron chi connectivity index (χ0n) is 11.4. The monoisotopic (exact) mass is 248 g/mol.